The largest absolute Gasteiger partial charge is 0.0642 e. The summed E-state index contributed by atoms with van der Waals surface area (Å²) >= 11 is 0. The number of hydrogen-bond acceptors (Lipinski definition) is 0. The van der Waals surface area contributed by atoms with Gasteiger partial charge in [0.25, 0.3) is 0 Å². The third-order valence-corrected chi connectivity index (χ3v) is 7.63. The van der Waals surface area contributed by atoms with E-state index in [1.54, 1.807) is 0 Å². The van der Waals surface area contributed by atoms with Crippen LogP contribution in [0.2, 0.25) is 0 Å². The zero-order chi connectivity index (χ0) is 25.6. The Bertz CT molecular complexity index is 878. The van der Waals surface area contributed by atoms with Crippen LogP contribution in [0.4, 0.5) is 0 Å². The number of hydrogen-bond donors (Lipinski definition) is 0. The van der Waals surface area contributed by atoms with Gasteiger partial charge in [0.15, 0.2) is 0 Å². The van der Waals surface area contributed by atoms with Crippen molar-refractivity contribution in [3.8, 4) is 0 Å². The number of benzene rings is 2. The highest BCUT2D eigenvalue weighted by Gasteiger charge is 2.39. The van der Waals surface area contributed by atoms with Crippen LogP contribution in [0.3, 0.4) is 0 Å². The van der Waals surface area contributed by atoms with Crippen LogP contribution < -0.4 is 0 Å². The fourth-order valence-corrected chi connectivity index (χ4v) is 5.25. The molecule has 0 aliphatic carbocycles. The average Bonchev–Trinajstić information content (AvgIpc) is 2.66. The van der Waals surface area contributed by atoms with Crippen molar-refractivity contribution in [1.29, 1.82) is 0 Å². The first-order valence-corrected chi connectivity index (χ1v) is 13.1. The molecule has 0 N–H and O–H groups in total. The van der Waals surface area contributed by atoms with E-state index in [-0.39, 0.29) is 27.1 Å². The predicted octanol–water partition coefficient (Wildman–Crippen LogP) is 9.98. The Hall–Kier alpha value is -1.56. The highest BCUT2D eigenvalue weighted by Crippen LogP contribution is 2.48. The molecule has 0 heterocycles. The fraction of sp³-hybridized carbons (Fsp3) is 0.636. The smallest absolute Gasteiger partial charge is 0.0203 e. The molecule has 184 valence electrons. The second-order valence-corrected chi connectivity index (χ2v) is 14.3. The quantitative estimate of drug-likeness (QED) is 0.436. The van der Waals surface area contributed by atoms with Gasteiger partial charge in [-0.1, -0.05) is 133 Å². The van der Waals surface area contributed by atoms with Crippen molar-refractivity contribution in [2.45, 2.75) is 137 Å². The zero-order valence-electron chi connectivity index (χ0n) is 24.4. The Morgan fingerprint density at radius 2 is 0.727 bits per heavy atom. The summed E-state index contributed by atoms with van der Waals surface area (Å²) in [6.07, 6.45) is 2.19. The van der Waals surface area contributed by atoms with Crippen molar-refractivity contribution in [3.63, 3.8) is 0 Å². The summed E-state index contributed by atoms with van der Waals surface area (Å²) in [5, 5.41) is 0. The molecule has 0 unspecified atom stereocenters. The maximum atomic E-state index is 2.51. The summed E-state index contributed by atoms with van der Waals surface area (Å²) in [7, 11) is 0. The van der Waals surface area contributed by atoms with Crippen LogP contribution in [0.25, 0.3) is 0 Å². The van der Waals surface area contributed by atoms with Crippen LogP contribution in [0.15, 0.2) is 36.4 Å². The molecule has 0 aromatic heterocycles. The van der Waals surface area contributed by atoms with Gasteiger partial charge in [0.2, 0.25) is 0 Å². The molecule has 0 nitrogen and oxygen atoms in total. The molecule has 33 heavy (non-hydrogen) atoms. The molecule has 0 heteroatoms. The highest BCUT2D eigenvalue weighted by molar-refractivity contribution is 5.53. The van der Waals surface area contributed by atoms with E-state index in [1.165, 1.54) is 33.4 Å². The molecule has 2 aromatic carbocycles. The molecule has 2 aromatic rings. The van der Waals surface area contributed by atoms with Crippen LogP contribution in [0, 0.1) is 0 Å². The predicted molar refractivity (Wildman–Crippen MR) is 149 cm³/mol. The van der Waals surface area contributed by atoms with Gasteiger partial charge in [-0.2, -0.15) is 0 Å². The lowest BCUT2D eigenvalue weighted by molar-refractivity contribution is 0.441. The van der Waals surface area contributed by atoms with Crippen molar-refractivity contribution < 1.29 is 0 Å². The lowest BCUT2D eigenvalue weighted by Crippen LogP contribution is -2.34. The molecular formula is C33H52. The second kappa shape index (κ2) is 8.90. The Morgan fingerprint density at radius 3 is 0.939 bits per heavy atom. The molecular weight excluding hydrogens is 396 g/mol. The minimum Gasteiger partial charge on any atom is -0.0642 e. The minimum absolute atomic E-state index is 0.00193. The number of rotatable bonds is 4. The molecule has 0 radical (unpaired) electrons. The van der Waals surface area contributed by atoms with E-state index in [2.05, 4.69) is 133 Å². The topological polar surface area (TPSA) is 0 Å². The molecule has 0 spiro atoms. The lowest BCUT2D eigenvalue weighted by Gasteiger charge is -2.42. The SMILES string of the molecule is CCC(CC)(c1ccc(C(C)(C)C)cc1C(C)(C)C)c1ccc(C(C)(C)C)cc1C(C)(C)C. The summed E-state index contributed by atoms with van der Waals surface area (Å²) in [4.78, 5) is 0. The van der Waals surface area contributed by atoms with Gasteiger partial charge in [0.1, 0.15) is 0 Å². The van der Waals surface area contributed by atoms with Crippen LogP contribution in [-0.4, -0.2) is 0 Å². The van der Waals surface area contributed by atoms with Gasteiger partial charge in [0.05, 0.1) is 0 Å². The van der Waals surface area contributed by atoms with Gasteiger partial charge in [-0.15, -0.1) is 0 Å². The average molecular weight is 449 g/mol. The monoisotopic (exact) mass is 448 g/mol. The molecule has 2 rings (SSSR count). The van der Waals surface area contributed by atoms with Gasteiger partial charge in [-0.05, 0) is 67.9 Å². The van der Waals surface area contributed by atoms with Crippen LogP contribution in [-0.2, 0) is 27.1 Å². The Morgan fingerprint density at radius 1 is 0.424 bits per heavy atom. The summed E-state index contributed by atoms with van der Waals surface area (Å²) in [5.41, 5.74) is 9.33. The summed E-state index contributed by atoms with van der Waals surface area (Å²) in [5.74, 6) is 0. The normalized spacial score (nSPS) is 14.0. The minimum atomic E-state index is -0.00193. The zero-order valence-corrected chi connectivity index (χ0v) is 24.4. The van der Waals surface area contributed by atoms with Gasteiger partial charge in [0, 0.05) is 5.41 Å². The Kier molecular flexibility index (Phi) is 7.47. The molecule has 0 aliphatic rings. The van der Waals surface area contributed by atoms with Crippen LogP contribution in [0.1, 0.15) is 143 Å². The van der Waals surface area contributed by atoms with Gasteiger partial charge < -0.3 is 0 Å². The highest BCUT2D eigenvalue weighted by atomic mass is 14.4. The fourth-order valence-electron chi connectivity index (χ4n) is 5.25. The first-order chi connectivity index (χ1) is 14.8. The van der Waals surface area contributed by atoms with E-state index in [0.29, 0.717) is 0 Å². The third kappa shape index (κ3) is 5.58. The van der Waals surface area contributed by atoms with Crippen molar-refractivity contribution >= 4 is 0 Å². The van der Waals surface area contributed by atoms with E-state index in [9.17, 15) is 0 Å². The van der Waals surface area contributed by atoms with E-state index in [1.807, 2.05) is 0 Å². The summed E-state index contributed by atoms with van der Waals surface area (Å²) in [6.45, 7) is 33.0. The van der Waals surface area contributed by atoms with Crippen LogP contribution in [0.5, 0.6) is 0 Å². The maximum Gasteiger partial charge on any atom is 0.0203 e. The summed E-state index contributed by atoms with van der Waals surface area (Å²) < 4.78 is 0. The molecule has 0 aliphatic heterocycles. The molecule has 0 fully saturated rings. The van der Waals surface area contributed by atoms with E-state index >= 15 is 0 Å². The standard InChI is InChI=1S/C33H52/c1-15-33(16-2,25-19-17-23(29(3,4)5)21-27(25)31(9,10)11)26-20-18-24(30(6,7)8)22-28(26)32(12,13)14/h17-22H,15-16H2,1-14H3. The van der Waals surface area contributed by atoms with Gasteiger partial charge in [-0.25, -0.2) is 0 Å². The first kappa shape index (κ1) is 27.7. The van der Waals surface area contributed by atoms with Crippen molar-refractivity contribution in [2.75, 3.05) is 0 Å². The Balaban J connectivity index is 2.98. The van der Waals surface area contributed by atoms with Crippen molar-refractivity contribution in [1.82, 2.24) is 0 Å². The summed E-state index contributed by atoms with van der Waals surface area (Å²) in [6, 6.07) is 14.7. The van der Waals surface area contributed by atoms with Crippen molar-refractivity contribution in [3.05, 3.63) is 69.8 Å². The Labute approximate surface area is 206 Å². The molecule has 0 atom stereocenters. The first-order valence-electron chi connectivity index (χ1n) is 13.1. The molecule has 0 saturated carbocycles. The van der Waals surface area contributed by atoms with Gasteiger partial charge >= 0.3 is 0 Å². The third-order valence-electron chi connectivity index (χ3n) is 7.63. The molecule has 0 bridgehead atoms. The van der Waals surface area contributed by atoms with E-state index in [0.717, 1.165) is 12.8 Å². The maximum absolute atomic E-state index is 2.51. The second-order valence-electron chi connectivity index (χ2n) is 14.3. The van der Waals surface area contributed by atoms with E-state index in [4.69, 9.17) is 0 Å². The molecule has 0 saturated heterocycles. The van der Waals surface area contributed by atoms with Crippen LogP contribution >= 0.6 is 0 Å². The van der Waals surface area contributed by atoms with Gasteiger partial charge in [-0.3, -0.25) is 0 Å². The molecule has 0 amide bonds. The van der Waals surface area contributed by atoms with E-state index < -0.39 is 0 Å². The van der Waals surface area contributed by atoms with Crippen molar-refractivity contribution in [2.24, 2.45) is 0 Å². The lowest BCUT2D eigenvalue weighted by atomic mass is 9.62.